The van der Waals surface area contributed by atoms with E-state index >= 15 is 0 Å². The Hall–Kier alpha value is -1.29. The second-order valence-corrected chi connectivity index (χ2v) is 4.28. The van der Waals surface area contributed by atoms with Crippen LogP contribution in [-0.4, -0.2) is 0 Å². The van der Waals surface area contributed by atoms with E-state index in [1.54, 1.807) is 0 Å². The topological polar surface area (TPSA) is 23.8 Å². The van der Waals surface area contributed by atoms with Gasteiger partial charge in [-0.05, 0) is 43.9 Å². The van der Waals surface area contributed by atoms with Gasteiger partial charge in [0.05, 0.1) is 12.0 Å². The molecule has 1 nitrogen and oxygen atoms in total. The number of benzene rings is 1. The van der Waals surface area contributed by atoms with Gasteiger partial charge in [-0.3, -0.25) is 0 Å². The van der Waals surface area contributed by atoms with Gasteiger partial charge in [-0.2, -0.15) is 5.26 Å². The van der Waals surface area contributed by atoms with Crippen LogP contribution in [0, 0.1) is 32.1 Å². The van der Waals surface area contributed by atoms with E-state index in [4.69, 9.17) is 0 Å². The van der Waals surface area contributed by atoms with Crippen LogP contribution in [0.3, 0.4) is 0 Å². The molecule has 0 saturated heterocycles. The summed E-state index contributed by atoms with van der Waals surface area (Å²) in [5.74, 6) is 0.0654. The molecule has 0 radical (unpaired) electrons. The summed E-state index contributed by atoms with van der Waals surface area (Å²) < 4.78 is 0. The molecule has 1 atom stereocenters. The van der Waals surface area contributed by atoms with Crippen LogP contribution in [0.1, 0.15) is 47.9 Å². The minimum absolute atomic E-state index is 0.0654. The Morgan fingerprint density at radius 1 is 1.20 bits per heavy atom. The zero-order chi connectivity index (χ0) is 11.4. The third-order valence-electron chi connectivity index (χ3n) is 2.82. The summed E-state index contributed by atoms with van der Waals surface area (Å²) in [6, 6.07) is 6.76. The number of hydrogen-bond acceptors (Lipinski definition) is 1. The fraction of sp³-hybridized carbons (Fsp3) is 0.500. The fourth-order valence-corrected chi connectivity index (χ4v) is 2.30. The monoisotopic (exact) mass is 201 g/mol. The molecule has 1 aromatic carbocycles. The fourth-order valence-electron chi connectivity index (χ4n) is 2.30. The van der Waals surface area contributed by atoms with Crippen molar-refractivity contribution in [2.45, 2.75) is 46.5 Å². The number of rotatable bonds is 3. The molecule has 15 heavy (non-hydrogen) atoms. The molecular formula is C14H19N. The summed E-state index contributed by atoms with van der Waals surface area (Å²) in [4.78, 5) is 0. The molecule has 1 heteroatoms. The molecule has 0 N–H and O–H groups in total. The van der Waals surface area contributed by atoms with Crippen molar-refractivity contribution in [1.82, 2.24) is 0 Å². The second-order valence-electron chi connectivity index (χ2n) is 4.28. The first-order valence-corrected chi connectivity index (χ1v) is 5.57. The predicted octanol–water partition coefficient (Wildman–Crippen LogP) is 4.02. The van der Waals surface area contributed by atoms with E-state index in [-0.39, 0.29) is 5.92 Å². The maximum absolute atomic E-state index is 9.18. The van der Waals surface area contributed by atoms with Crippen molar-refractivity contribution in [2.75, 3.05) is 0 Å². The smallest absolute Gasteiger partial charge is 0.0717 e. The summed E-state index contributed by atoms with van der Waals surface area (Å²) >= 11 is 0. The quantitative estimate of drug-likeness (QED) is 0.724. The molecule has 80 valence electrons. The van der Waals surface area contributed by atoms with E-state index in [1.807, 2.05) is 0 Å². The van der Waals surface area contributed by atoms with E-state index in [9.17, 15) is 5.26 Å². The molecule has 0 spiro atoms. The van der Waals surface area contributed by atoms with E-state index in [0.29, 0.717) is 0 Å². The van der Waals surface area contributed by atoms with Crippen molar-refractivity contribution in [3.05, 3.63) is 34.4 Å². The maximum atomic E-state index is 9.18. The molecule has 0 aromatic heterocycles. The summed E-state index contributed by atoms with van der Waals surface area (Å²) in [5, 5.41) is 9.18. The van der Waals surface area contributed by atoms with Gasteiger partial charge in [-0.1, -0.05) is 31.0 Å². The van der Waals surface area contributed by atoms with Crippen LogP contribution >= 0.6 is 0 Å². The number of nitrogens with zero attached hydrogens (tertiary/aromatic N) is 1. The van der Waals surface area contributed by atoms with Gasteiger partial charge < -0.3 is 0 Å². The normalized spacial score (nSPS) is 12.2. The standard InChI is InChI=1S/C14H19N/c1-5-6-13(9-15)14-11(3)7-10(2)8-12(14)4/h7-8,13H,5-6H2,1-4H3. The van der Waals surface area contributed by atoms with Crippen molar-refractivity contribution < 1.29 is 0 Å². The van der Waals surface area contributed by atoms with Gasteiger partial charge in [-0.25, -0.2) is 0 Å². The average Bonchev–Trinajstić information content (AvgIpc) is 2.14. The first-order valence-electron chi connectivity index (χ1n) is 5.57. The molecular weight excluding hydrogens is 182 g/mol. The Bertz CT molecular complexity index is 362. The lowest BCUT2D eigenvalue weighted by molar-refractivity contribution is 0.719. The molecule has 1 unspecified atom stereocenters. The maximum Gasteiger partial charge on any atom is 0.0717 e. The van der Waals surface area contributed by atoms with Crippen LogP contribution in [0.5, 0.6) is 0 Å². The van der Waals surface area contributed by atoms with Crippen LogP contribution in [0.4, 0.5) is 0 Å². The van der Waals surface area contributed by atoms with Gasteiger partial charge >= 0.3 is 0 Å². The number of nitriles is 1. The molecule has 0 amide bonds. The SMILES string of the molecule is CCCC(C#N)c1c(C)cc(C)cc1C. The van der Waals surface area contributed by atoms with Crippen LogP contribution in [0.15, 0.2) is 12.1 Å². The van der Waals surface area contributed by atoms with E-state index in [0.717, 1.165) is 12.8 Å². The van der Waals surface area contributed by atoms with Gasteiger partial charge in [-0.15, -0.1) is 0 Å². The molecule has 0 aliphatic carbocycles. The number of hydrogen-bond donors (Lipinski definition) is 0. The Morgan fingerprint density at radius 3 is 2.13 bits per heavy atom. The third-order valence-corrected chi connectivity index (χ3v) is 2.82. The zero-order valence-corrected chi connectivity index (χ0v) is 10.1. The summed E-state index contributed by atoms with van der Waals surface area (Å²) in [6.07, 6.45) is 2.02. The van der Waals surface area contributed by atoms with E-state index < -0.39 is 0 Å². The highest BCUT2D eigenvalue weighted by atomic mass is 14.3. The first kappa shape index (κ1) is 11.8. The van der Waals surface area contributed by atoms with Crippen LogP contribution < -0.4 is 0 Å². The molecule has 0 aliphatic heterocycles. The van der Waals surface area contributed by atoms with Crippen molar-refractivity contribution >= 4 is 0 Å². The highest BCUT2D eigenvalue weighted by Crippen LogP contribution is 2.27. The molecule has 1 rings (SSSR count). The third kappa shape index (κ3) is 2.59. The molecule has 0 saturated carbocycles. The Labute approximate surface area is 92.7 Å². The Kier molecular flexibility index (Phi) is 3.91. The average molecular weight is 201 g/mol. The van der Waals surface area contributed by atoms with Crippen LogP contribution in [0.25, 0.3) is 0 Å². The number of aryl methyl sites for hydroxylation is 3. The molecule has 0 fully saturated rings. The highest BCUT2D eigenvalue weighted by molar-refractivity contribution is 5.42. The molecule has 0 bridgehead atoms. The van der Waals surface area contributed by atoms with Gasteiger partial charge in [0.1, 0.15) is 0 Å². The lowest BCUT2D eigenvalue weighted by Crippen LogP contribution is -2.02. The molecule has 0 aliphatic rings. The largest absolute Gasteiger partial charge is 0.198 e. The Morgan fingerprint density at radius 2 is 1.73 bits per heavy atom. The van der Waals surface area contributed by atoms with Gasteiger partial charge in [0, 0.05) is 0 Å². The van der Waals surface area contributed by atoms with Gasteiger partial charge in [0.15, 0.2) is 0 Å². The van der Waals surface area contributed by atoms with Gasteiger partial charge in [0.25, 0.3) is 0 Å². The lowest BCUT2D eigenvalue weighted by Gasteiger charge is -2.15. The molecule has 1 aromatic rings. The summed E-state index contributed by atoms with van der Waals surface area (Å²) in [5.41, 5.74) is 5.03. The van der Waals surface area contributed by atoms with Gasteiger partial charge in [0.2, 0.25) is 0 Å². The first-order chi connectivity index (χ1) is 7.10. The van der Waals surface area contributed by atoms with Crippen LogP contribution in [0.2, 0.25) is 0 Å². The van der Waals surface area contributed by atoms with Crippen LogP contribution in [-0.2, 0) is 0 Å². The summed E-state index contributed by atoms with van der Waals surface area (Å²) in [7, 11) is 0. The van der Waals surface area contributed by atoms with Crippen molar-refractivity contribution in [3.8, 4) is 6.07 Å². The molecule has 0 heterocycles. The lowest BCUT2D eigenvalue weighted by atomic mass is 9.88. The highest BCUT2D eigenvalue weighted by Gasteiger charge is 2.14. The predicted molar refractivity (Wildman–Crippen MR) is 63.9 cm³/mol. The summed E-state index contributed by atoms with van der Waals surface area (Å²) in [6.45, 7) is 8.44. The zero-order valence-electron chi connectivity index (χ0n) is 10.1. The van der Waals surface area contributed by atoms with Crippen molar-refractivity contribution in [2.24, 2.45) is 0 Å². The second kappa shape index (κ2) is 4.98. The minimum atomic E-state index is 0.0654. The van der Waals surface area contributed by atoms with Crippen molar-refractivity contribution in [3.63, 3.8) is 0 Å². The van der Waals surface area contributed by atoms with Crippen molar-refractivity contribution in [1.29, 1.82) is 5.26 Å². The Balaban J connectivity index is 3.18. The van der Waals surface area contributed by atoms with E-state index in [2.05, 4.69) is 45.9 Å². The van der Waals surface area contributed by atoms with E-state index in [1.165, 1.54) is 22.3 Å². The minimum Gasteiger partial charge on any atom is -0.198 e.